The lowest BCUT2D eigenvalue weighted by Crippen LogP contribution is -2.06. The third-order valence-electron chi connectivity index (χ3n) is 1.07. The van der Waals surface area contributed by atoms with E-state index in [0.717, 1.165) is 6.20 Å². The van der Waals surface area contributed by atoms with Gasteiger partial charge in [-0.05, 0) is 6.07 Å². The molecule has 0 aromatic carbocycles. The number of halogens is 3. The Bertz CT molecular complexity index is 318. The van der Waals surface area contributed by atoms with Gasteiger partial charge in [-0.15, -0.1) is 0 Å². The first-order valence-electron chi connectivity index (χ1n) is 3.37. The van der Waals surface area contributed by atoms with E-state index < -0.39 is 12.5 Å². The lowest BCUT2D eigenvalue weighted by atomic mass is 10.4. The smallest absolute Gasteiger partial charge is 0.388 e. The molecule has 6 heteroatoms. The van der Waals surface area contributed by atoms with Gasteiger partial charge >= 0.3 is 6.59 Å². The normalized spacial score (nSPS) is 12.4. The van der Waals surface area contributed by atoms with E-state index in [1.54, 1.807) is 0 Å². The van der Waals surface area contributed by atoms with Crippen molar-refractivity contribution in [1.29, 1.82) is 0 Å². The number of pyridine rings is 1. The molecule has 0 saturated heterocycles. The average Bonchev–Trinajstić information content (AvgIpc) is 1.96. The number of ether oxygens (including phenoxy) is 1. The van der Waals surface area contributed by atoms with Gasteiger partial charge in [0, 0.05) is 6.20 Å². The van der Waals surface area contributed by atoms with Crippen LogP contribution in [0.1, 0.15) is 1.37 Å². The number of rotatable bonds is 2. The number of nitrogen functional groups attached to an aromatic ring is 1. The summed E-state index contributed by atoms with van der Waals surface area (Å²) < 4.78 is 34.0. The number of hydrogen-bond donors (Lipinski definition) is 1. The average molecular weight is 196 g/mol. The van der Waals surface area contributed by atoms with E-state index in [1.807, 2.05) is 0 Å². The van der Waals surface area contributed by atoms with Crippen molar-refractivity contribution in [1.82, 2.24) is 4.98 Å². The maximum Gasteiger partial charge on any atom is 0.388 e. The summed E-state index contributed by atoms with van der Waals surface area (Å²) >= 11 is 5.49. The quantitative estimate of drug-likeness (QED) is 0.784. The molecule has 0 unspecified atom stereocenters. The van der Waals surface area contributed by atoms with Gasteiger partial charge in [-0.2, -0.15) is 8.78 Å². The Morgan fingerprint density at radius 2 is 2.42 bits per heavy atom. The zero-order valence-corrected chi connectivity index (χ0v) is 6.48. The van der Waals surface area contributed by atoms with E-state index in [-0.39, 0.29) is 10.7 Å². The lowest BCUT2D eigenvalue weighted by Gasteiger charge is -2.05. The van der Waals surface area contributed by atoms with Crippen molar-refractivity contribution in [3.8, 4) is 5.88 Å². The van der Waals surface area contributed by atoms with Crippen LogP contribution in [0.2, 0.25) is 5.02 Å². The summed E-state index contributed by atoms with van der Waals surface area (Å²) in [4.78, 5) is 3.39. The van der Waals surface area contributed by atoms with Crippen molar-refractivity contribution in [2.75, 3.05) is 5.73 Å². The molecule has 0 amide bonds. The van der Waals surface area contributed by atoms with Crippen molar-refractivity contribution < 1.29 is 14.9 Å². The molecule has 1 aromatic heterocycles. The third-order valence-corrected chi connectivity index (χ3v) is 1.40. The van der Waals surface area contributed by atoms with Crippen LogP contribution in [0.15, 0.2) is 12.3 Å². The van der Waals surface area contributed by atoms with Crippen molar-refractivity contribution >= 4 is 17.3 Å². The van der Waals surface area contributed by atoms with Gasteiger partial charge in [0.2, 0.25) is 5.88 Å². The summed E-state index contributed by atoms with van der Waals surface area (Å²) in [5, 5.41) is 0.0502. The molecule has 0 aliphatic rings. The SMILES string of the molecule is [2H]C(F)(F)Oc1nccc(Cl)c1N. The Kier molecular flexibility index (Phi) is 2.22. The fraction of sp³-hybridized carbons (Fsp3) is 0.167. The van der Waals surface area contributed by atoms with Gasteiger partial charge < -0.3 is 10.5 Å². The molecule has 3 nitrogen and oxygen atoms in total. The summed E-state index contributed by atoms with van der Waals surface area (Å²) in [6.45, 7) is -4.06. The van der Waals surface area contributed by atoms with Crippen molar-refractivity contribution in [3.05, 3.63) is 17.3 Å². The van der Waals surface area contributed by atoms with E-state index in [0.29, 0.717) is 0 Å². The third kappa shape index (κ3) is 1.94. The number of nitrogens with zero attached hydrogens (tertiary/aromatic N) is 1. The Labute approximate surface area is 73.5 Å². The molecule has 0 saturated carbocycles. The Hall–Kier alpha value is -1.10. The molecule has 0 fully saturated rings. The molecule has 66 valence electrons. The Morgan fingerprint density at radius 1 is 1.75 bits per heavy atom. The fourth-order valence-corrected chi connectivity index (χ4v) is 0.723. The van der Waals surface area contributed by atoms with Gasteiger partial charge in [-0.25, -0.2) is 4.98 Å². The van der Waals surface area contributed by atoms with E-state index in [4.69, 9.17) is 18.7 Å². The predicted molar refractivity (Wildman–Crippen MR) is 40.3 cm³/mol. The van der Waals surface area contributed by atoms with Gasteiger partial charge in [-0.1, -0.05) is 11.6 Å². The topological polar surface area (TPSA) is 48.1 Å². The first kappa shape index (κ1) is 7.54. The van der Waals surface area contributed by atoms with Crippen molar-refractivity contribution in [3.63, 3.8) is 0 Å². The zero-order chi connectivity index (χ0) is 10.1. The van der Waals surface area contributed by atoms with Crippen LogP contribution < -0.4 is 10.5 Å². The molecule has 1 aromatic rings. The summed E-state index contributed by atoms with van der Waals surface area (Å²) in [5.41, 5.74) is 5.04. The molecule has 2 N–H and O–H groups in total. The minimum atomic E-state index is -4.06. The molecule has 1 heterocycles. The Balaban J connectivity index is 2.96. The molecular weight excluding hydrogens is 190 g/mol. The van der Waals surface area contributed by atoms with Gasteiger partial charge in [0.25, 0.3) is 0 Å². The minimum absolute atomic E-state index is 0.0502. The highest BCUT2D eigenvalue weighted by Crippen LogP contribution is 2.27. The zero-order valence-electron chi connectivity index (χ0n) is 6.72. The highest BCUT2D eigenvalue weighted by atomic mass is 35.5. The van der Waals surface area contributed by atoms with Crippen LogP contribution in [0.3, 0.4) is 0 Å². The summed E-state index contributed by atoms with van der Waals surface area (Å²) in [7, 11) is 0. The molecular formula is C6H5ClF2N2O. The van der Waals surface area contributed by atoms with Crippen LogP contribution in [0, 0.1) is 0 Å². The van der Waals surface area contributed by atoms with E-state index in [1.165, 1.54) is 6.07 Å². The molecule has 0 spiro atoms. The largest absolute Gasteiger partial charge is 0.415 e. The second-order valence-corrected chi connectivity index (χ2v) is 2.25. The standard InChI is InChI=1S/C6H5ClF2N2O/c7-3-1-2-11-5(4(3)10)12-6(8)9/h1-2,6H,10H2/i6D. The predicted octanol–water partition coefficient (Wildman–Crippen LogP) is 1.92. The van der Waals surface area contributed by atoms with E-state index in [2.05, 4.69) is 9.72 Å². The number of hydrogen-bond acceptors (Lipinski definition) is 3. The maximum atomic E-state index is 12.0. The molecule has 0 aliphatic heterocycles. The number of alkyl halides is 2. The molecule has 0 atom stereocenters. The number of anilines is 1. The first-order chi connectivity index (χ1) is 5.90. The van der Waals surface area contributed by atoms with E-state index in [9.17, 15) is 8.78 Å². The van der Waals surface area contributed by atoms with Gasteiger partial charge in [0.1, 0.15) is 5.69 Å². The monoisotopic (exact) mass is 195 g/mol. The van der Waals surface area contributed by atoms with Crippen LogP contribution in [-0.2, 0) is 0 Å². The van der Waals surface area contributed by atoms with Gasteiger partial charge in [-0.3, -0.25) is 0 Å². The van der Waals surface area contributed by atoms with Crippen LogP contribution >= 0.6 is 11.6 Å². The number of aromatic nitrogens is 1. The fourth-order valence-electron chi connectivity index (χ4n) is 0.586. The Morgan fingerprint density at radius 3 is 3.00 bits per heavy atom. The first-order valence-corrected chi connectivity index (χ1v) is 3.25. The second kappa shape index (κ2) is 3.53. The van der Waals surface area contributed by atoms with Crippen LogP contribution in [0.25, 0.3) is 0 Å². The van der Waals surface area contributed by atoms with Crippen LogP contribution in [0.4, 0.5) is 14.5 Å². The minimum Gasteiger partial charge on any atom is -0.415 e. The van der Waals surface area contributed by atoms with Gasteiger partial charge in [0.15, 0.2) is 1.37 Å². The summed E-state index contributed by atoms with van der Waals surface area (Å²) in [5.74, 6) is -0.549. The van der Waals surface area contributed by atoms with Crippen LogP contribution in [0.5, 0.6) is 5.88 Å². The van der Waals surface area contributed by atoms with E-state index >= 15 is 0 Å². The lowest BCUT2D eigenvalue weighted by molar-refractivity contribution is -0.0522. The van der Waals surface area contributed by atoms with Crippen LogP contribution in [-0.4, -0.2) is 11.6 Å². The van der Waals surface area contributed by atoms with Gasteiger partial charge in [0.05, 0.1) is 5.02 Å². The number of nitrogens with two attached hydrogens (primary N) is 1. The molecule has 0 aliphatic carbocycles. The highest BCUT2D eigenvalue weighted by molar-refractivity contribution is 6.33. The molecule has 0 radical (unpaired) electrons. The summed E-state index contributed by atoms with van der Waals surface area (Å²) in [6, 6.07) is 1.33. The second-order valence-electron chi connectivity index (χ2n) is 1.84. The van der Waals surface area contributed by atoms with Crippen molar-refractivity contribution in [2.45, 2.75) is 6.59 Å². The van der Waals surface area contributed by atoms with Crippen molar-refractivity contribution in [2.24, 2.45) is 0 Å². The maximum absolute atomic E-state index is 12.0. The summed E-state index contributed by atoms with van der Waals surface area (Å²) in [6.07, 6.45) is 1.15. The molecule has 1 rings (SSSR count). The molecule has 12 heavy (non-hydrogen) atoms. The molecule has 0 bridgehead atoms. The highest BCUT2D eigenvalue weighted by Gasteiger charge is 2.10.